The molecular weight excluding hydrogens is 320 g/mol. The van der Waals surface area contributed by atoms with Crippen molar-refractivity contribution in [2.75, 3.05) is 13.7 Å². The number of esters is 1. The Kier molecular flexibility index (Phi) is 4.99. The van der Waals surface area contributed by atoms with E-state index in [4.69, 9.17) is 9.15 Å². The van der Waals surface area contributed by atoms with E-state index in [0.29, 0.717) is 36.2 Å². The first-order valence-electron chi connectivity index (χ1n) is 7.27. The quantitative estimate of drug-likeness (QED) is 0.780. The summed E-state index contributed by atoms with van der Waals surface area (Å²) in [5, 5.41) is 17.7. The molecule has 2 aromatic rings. The molecule has 3 rings (SSSR count). The van der Waals surface area contributed by atoms with Crippen molar-refractivity contribution < 1.29 is 19.1 Å². The first kappa shape index (κ1) is 16.0. The van der Waals surface area contributed by atoms with Crippen LogP contribution in [0, 0.1) is 0 Å². The SMILES string of the molecule is COC(=O)[C@H]1C[C@@H](O)CCN1Cc1ccc(Sc2ncn[nH]2)o1. The van der Waals surface area contributed by atoms with E-state index < -0.39 is 12.1 Å². The molecule has 1 fully saturated rings. The van der Waals surface area contributed by atoms with Crippen LogP contribution in [0.3, 0.4) is 0 Å². The van der Waals surface area contributed by atoms with Crippen LogP contribution in [0.1, 0.15) is 18.6 Å². The monoisotopic (exact) mass is 338 g/mol. The lowest BCUT2D eigenvalue weighted by molar-refractivity contribution is -0.150. The highest BCUT2D eigenvalue weighted by atomic mass is 32.2. The number of ether oxygens (including phenoxy) is 1. The van der Waals surface area contributed by atoms with Gasteiger partial charge in [-0.15, -0.1) is 0 Å². The molecule has 23 heavy (non-hydrogen) atoms. The lowest BCUT2D eigenvalue weighted by Gasteiger charge is -2.35. The molecule has 2 N–H and O–H groups in total. The topological polar surface area (TPSA) is 104 Å². The number of carbonyl (C=O) groups is 1. The minimum Gasteiger partial charge on any atom is -0.468 e. The van der Waals surface area contributed by atoms with E-state index >= 15 is 0 Å². The Bertz CT molecular complexity index is 645. The number of likely N-dealkylation sites (tertiary alicyclic amines) is 1. The molecule has 1 saturated heterocycles. The highest BCUT2D eigenvalue weighted by Crippen LogP contribution is 2.28. The molecule has 0 unspecified atom stereocenters. The fourth-order valence-electron chi connectivity index (χ4n) is 2.60. The predicted molar refractivity (Wildman–Crippen MR) is 80.7 cm³/mol. The van der Waals surface area contributed by atoms with Crippen LogP contribution in [-0.2, 0) is 16.1 Å². The number of rotatable bonds is 5. The Morgan fingerprint density at radius 3 is 3.22 bits per heavy atom. The molecule has 1 aliphatic rings. The first-order valence-corrected chi connectivity index (χ1v) is 8.09. The standard InChI is InChI=1S/C14H18N4O4S/c1-21-13(20)11-6-9(19)4-5-18(11)7-10-2-3-12(22-10)23-14-15-8-16-17-14/h2-3,8-9,11,19H,4-7H2,1H3,(H,15,16,17)/t9-,11+/m0/s1. The van der Waals surface area contributed by atoms with Gasteiger partial charge in [0, 0.05) is 6.54 Å². The Morgan fingerprint density at radius 2 is 2.48 bits per heavy atom. The average molecular weight is 338 g/mol. The number of carbonyl (C=O) groups excluding carboxylic acids is 1. The molecular formula is C14H18N4O4S. The zero-order valence-corrected chi connectivity index (χ0v) is 13.5. The Morgan fingerprint density at radius 1 is 1.61 bits per heavy atom. The summed E-state index contributed by atoms with van der Waals surface area (Å²) in [6.45, 7) is 1.11. The zero-order valence-electron chi connectivity index (χ0n) is 12.6. The molecule has 1 aliphatic heterocycles. The number of aliphatic hydroxyl groups excluding tert-OH is 1. The van der Waals surface area contributed by atoms with Crippen LogP contribution in [-0.4, -0.2) is 57.0 Å². The minimum absolute atomic E-state index is 0.327. The highest BCUT2D eigenvalue weighted by Gasteiger charge is 2.33. The third-order valence-corrected chi connectivity index (χ3v) is 4.56. The van der Waals surface area contributed by atoms with E-state index in [1.165, 1.54) is 25.2 Å². The van der Waals surface area contributed by atoms with Crippen LogP contribution in [0.4, 0.5) is 0 Å². The van der Waals surface area contributed by atoms with Crippen LogP contribution in [0.2, 0.25) is 0 Å². The summed E-state index contributed by atoms with van der Waals surface area (Å²) in [6, 6.07) is 3.28. The van der Waals surface area contributed by atoms with Crippen LogP contribution in [0.25, 0.3) is 0 Å². The first-order chi connectivity index (χ1) is 11.2. The van der Waals surface area contributed by atoms with Gasteiger partial charge in [-0.2, -0.15) is 5.10 Å². The largest absolute Gasteiger partial charge is 0.468 e. The maximum Gasteiger partial charge on any atom is 0.323 e. The summed E-state index contributed by atoms with van der Waals surface area (Å²) in [4.78, 5) is 17.9. The number of aromatic amines is 1. The van der Waals surface area contributed by atoms with Gasteiger partial charge in [0.05, 0.1) is 19.8 Å². The van der Waals surface area contributed by atoms with Gasteiger partial charge in [-0.05, 0) is 36.7 Å². The second kappa shape index (κ2) is 7.16. The van der Waals surface area contributed by atoms with Gasteiger partial charge >= 0.3 is 5.97 Å². The Labute approximate surface area is 137 Å². The number of aromatic nitrogens is 3. The molecule has 2 aromatic heterocycles. The third kappa shape index (κ3) is 3.92. The van der Waals surface area contributed by atoms with E-state index in [1.54, 1.807) is 0 Å². The van der Waals surface area contributed by atoms with Gasteiger partial charge in [0.25, 0.3) is 0 Å². The molecule has 0 saturated carbocycles. The third-order valence-electron chi connectivity index (χ3n) is 3.75. The van der Waals surface area contributed by atoms with Crippen molar-refractivity contribution in [2.45, 2.75) is 41.8 Å². The summed E-state index contributed by atoms with van der Waals surface area (Å²) in [5.74, 6) is 0.420. The molecule has 0 amide bonds. The fourth-order valence-corrected chi connectivity index (χ4v) is 3.28. The molecule has 9 heteroatoms. The van der Waals surface area contributed by atoms with Gasteiger partial charge in [0.15, 0.2) is 10.2 Å². The predicted octanol–water partition coefficient (Wildman–Crippen LogP) is 1.05. The number of nitrogens with zero attached hydrogens (tertiary/aromatic N) is 3. The second-order valence-corrected chi connectivity index (χ2v) is 6.29. The molecule has 0 aliphatic carbocycles. The molecule has 0 spiro atoms. The summed E-state index contributed by atoms with van der Waals surface area (Å²) in [5.41, 5.74) is 0. The maximum absolute atomic E-state index is 11.9. The highest BCUT2D eigenvalue weighted by molar-refractivity contribution is 7.99. The van der Waals surface area contributed by atoms with Gasteiger partial charge in [-0.3, -0.25) is 14.8 Å². The van der Waals surface area contributed by atoms with Gasteiger partial charge in [-0.25, -0.2) is 4.98 Å². The minimum atomic E-state index is -0.468. The summed E-state index contributed by atoms with van der Waals surface area (Å²) < 4.78 is 10.6. The van der Waals surface area contributed by atoms with Crippen molar-refractivity contribution in [1.29, 1.82) is 0 Å². The summed E-state index contributed by atoms with van der Waals surface area (Å²) >= 11 is 1.34. The molecule has 8 nitrogen and oxygen atoms in total. The number of furan rings is 1. The molecule has 124 valence electrons. The van der Waals surface area contributed by atoms with E-state index in [0.717, 1.165) is 5.76 Å². The van der Waals surface area contributed by atoms with Gasteiger partial charge in [-0.1, -0.05) is 0 Å². The van der Waals surface area contributed by atoms with Crippen LogP contribution < -0.4 is 0 Å². The Hall–Kier alpha value is -1.84. The average Bonchev–Trinajstić information content (AvgIpc) is 3.21. The number of methoxy groups -OCH3 is 1. The summed E-state index contributed by atoms with van der Waals surface area (Å²) in [6.07, 6.45) is 1.98. The van der Waals surface area contributed by atoms with Crippen LogP contribution in [0.5, 0.6) is 0 Å². The normalized spacial score (nSPS) is 22.2. The number of hydrogen-bond donors (Lipinski definition) is 2. The molecule has 0 aromatic carbocycles. The fraction of sp³-hybridized carbons (Fsp3) is 0.500. The lowest BCUT2D eigenvalue weighted by atomic mass is 9.99. The van der Waals surface area contributed by atoms with Crippen molar-refractivity contribution in [3.63, 3.8) is 0 Å². The smallest absolute Gasteiger partial charge is 0.323 e. The van der Waals surface area contributed by atoms with Gasteiger partial charge < -0.3 is 14.3 Å². The van der Waals surface area contributed by atoms with E-state index in [-0.39, 0.29) is 5.97 Å². The van der Waals surface area contributed by atoms with Crippen molar-refractivity contribution >= 4 is 17.7 Å². The number of aliphatic hydroxyl groups is 1. The number of H-pyrrole nitrogens is 1. The van der Waals surface area contributed by atoms with Crippen molar-refractivity contribution in [3.05, 3.63) is 24.2 Å². The van der Waals surface area contributed by atoms with E-state index in [9.17, 15) is 9.90 Å². The molecule has 0 bridgehead atoms. The van der Waals surface area contributed by atoms with Crippen molar-refractivity contribution in [3.8, 4) is 0 Å². The lowest BCUT2D eigenvalue weighted by Crippen LogP contribution is -2.48. The summed E-state index contributed by atoms with van der Waals surface area (Å²) in [7, 11) is 1.36. The number of piperidine rings is 1. The zero-order chi connectivity index (χ0) is 16.2. The molecule has 3 heterocycles. The van der Waals surface area contributed by atoms with Crippen LogP contribution in [0.15, 0.2) is 33.1 Å². The number of nitrogens with one attached hydrogen (secondary N) is 1. The maximum atomic E-state index is 11.9. The number of hydrogen-bond acceptors (Lipinski definition) is 8. The van der Waals surface area contributed by atoms with E-state index in [1.807, 2.05) is 17.0 Å². The molecule has 0 radical (unpaired) electrons. The molecule has 2 atom stereocenters. The second-order valence-electron chi connectivity index (χ2n) is 5.30. The van der Waals surface area contributed by atoms with E-state index in [2.05, 4.69) is 15.2 Å². The van der Waals surface area contributed by atoms with Crippen molar-refractivity contribution in [2.24, 2.45) is 0 Å². The van der Waals surface area contributed by atoms with Gasteiger partial charge in [0.1, 0.15) is 18.1 Å². The van der Waals surface area contributed by atoms with Gasteiger partial charge in [0.2, 0.25) is 0 Å². The Balaban J connectivity index is 1.65. The van der Waals surface area contributed by atoms with Crippen LogP contribution >= 0.6 is 11.8 Å². The van der Waals surface area contributed by atoms with Crippen molar-refractivity contribution in [1.82, 2.24) is 20.1 Å².